The summed E-state index contributed by atoms with van der Waals surface area (Å²) in [6, 6.07) is 2.97. The van der Waals surface area contributed by atoms with Crippen LogP contribution < -0.4 is 32.2 Å². The molecule has 0 saturated heterocycles. The lowest BCUT2D eigenvalue weighted by atomic mass is 9.73. The number of nitrogens with zero attached hydrogens (tertiary/aromatic N) is 2. The quantitative estimate of drug-likeness (QED) is 0.193. The maximum absolute atomic E-state index is 12.7. The topological polar surface area (TPSA) is 195 Å². The molecule has 0 aliphatic heterocycles. The number of anilines is 3. The molecular weight excluding hydrogens is 452 g/mol. The maximum atomic E-state index is 12.7. The third kappa shape index (κ3) is 6.73. The molecule has 0 unspecified atom stereocenters. The second-order valence-corrected chi connectivity index (χ2v) is 7.86. The van der Waals surface area contributed by atoms with Gasteiger partial charge in [0.2, 0.25) is 11.8 Å². The van der Waals surface area contributed by atoms with Crippen molar-refractivity contribution in [3.8, 4) is 5.75 Å². The highest BCUT2D eigenvalue weighted by atomic mass is 16.5. The van der Waals surface area contributed by atoms with Gasteiger partial charge in [-0.05, 0) is 25.1 Å². The number of pyridine rings is 2. The lowest BCUT2D eigenvalue weighted by Crippen LogP contribution is -2.49. The van der Waals surface area contributed by atoms with E-state index in [9.17, 15) is 19.5 Å². The van der Waals surface area contributed by atoms with E-state index < -0.39 is 17.3 Å². The van der Waals surface area contributed by atoms with Crippen LogP contribution in [0.15, 0.2) is 30.7 Å². The monoisotopic (exact) mass is 475 g/mol. The minimum absolute atomic E-state index is 0.0594. The number of carbonyl (C=O) groups excluding carboxylic acids is 3. The van der Waals surface area contributed by atoms with Crippen LogP contribution in [-0.4, -0.2) is 61.1 Å². The van der Waals surface area contributed by atoms with E-state index in [4.69, 9.17) is 31.9 Å². The number of methoxy groups -OCH3 is 1. The fourth-order valence-corrected chi connectivity index (χ4v) is 3.17. The average Bonchev–Trinajstić information content (AvgIpc) is 3.62. The van der Waals surface area contributed by atoms with Crippen molar-refractivity contribution in [3.05, 3.63) is 42.0 Å². The lowest BCUT2D eigenvalue weighted by molar-refractivity contribution is -0.118. The highest BCUT2D eigenvalue weighted by molar-refractivity contribution is 6.39. The third-order valence-electron chi connectivity index (χ3n) is 4.91. The van der Waals surface area contributed by atoms with Gasteiger partial charge in [-0.1, -0.05) is 0 Å². The Balaban J connectivity index is 2.03. The summed E-state index contributed by atoms with van der Waals surface area (Å²) in [4.78, 5) is 44.7. The molecule has 14 heteroatoms. The molecule has 8 N–H and O–H groups in total. The molecule has 2 aromatic heterocycles. The molecular formula is C21H23B2N7O5. The summed E-state index contributed by atoms with van der Waals surface area (Å²) in [6.07, 6.45) is 5.21. The molecule has 0 bridgehead atoms. The van der Waals surface area contributed by atoms with Gasteiger partial charge in [-0.2, -0.15) is 0 Å². The van der Waals surface area contributed by atoms with Crippen molar-refractivity contribution in [1.29, 1.82) is 0 Å². The van der Waals surface area contributed by atoms with Gasteiger partial charge in [-0.15, -0.1) is 0 Å². The fraction of sp³-hybridized carbons (Fsp3) is 0.286. The van der Waals surface area contributed by atoms with Gasteiger partial charge in [0.25, 0.3) is 5.91 Å². The van der Waals surface area contributed by atoms with Gasteiger partial charge >= 0.3 is 0 Å². The van der Waals surface area contributed by atoms with Crippen LogP contribution in [0.3, 0.4) is 0 Å². The molecule has 1 fully saturated rings. The Morgan fingerprint density at radius 1 is 1.29 bits per heavy atom. The molecule has 1 aliphatic carbocycles. The number of aromatic nitrogens is 2. The summed E-state index contributed by atoms with van der Waals surface area (Å²) in [7, 11) is 12.0. The van der Waals surface area contributed by atoms with Gasteiger partial charge < -0.3 is 37.3 Å². The smallest absolute Gasteiger partial charge is 0.255 e. The van der Waals surface area contributed by atoms with Crippen molar-refractivity contribution in [2.45, 2.75) is 24.8 Å². The minimum atomic E-state index is -2.48. The van der Waals surface area contributed by atoms with E-state index in [-0.39, 0.29) is 46.8 Å². The Bertz CT molecular complexity index is 1180. The molecule has 0 aromatic carbocycles. The molecule has 2 heterocycles. The number of nitrogens with two attached hydrogens (primary N) is 2. The van der Waals surface area contributed by atoms with Crippen LogP contribution in [-0.2, 0) is 9.59 Å². The summed E-state index contributed by atoms with van der Waals surface area (Å²) in [5.41, 5.74) is 9.48. The minimum Gasteiger partial charge on any atom is -0.492 e. The van der Waals surface area contributed by atoms with Gasteiger partial charge in [0, 0.05) is 35.5 Å². The molecule has 12 nitrogen and oxygen atoms in total. The largest absolute Gasteiger partial charge is 0.492 e. The second kappa shape index (κ2) is 10.5. The number of nitrogens with one attached hydrogen (secondary N) is 3. The number of aliphatic hydroxyl groups is 1. The van der Waals surface area contributed by atoms with Gasteiger partial charge in [0.15, 0.2) is 5.75 Å². The van der Waals surface area contributed by atoms with Crippen molar-refractivity contribution in [2.24, 2.45) is 17.4 Å². The molecule has 2 aromatic rings. The molecule has 1 saturated carbocycles. The number of hydrogen-bond acceptors (Lipinski definition) is 9. The van der Waals surface area contributed by atoms with Gasteiger partial charge in [-0.25, -0.2) is 4.98 Å². The number of rotatable bonds is 10. The van der Waals surface area contributed by atoms with Crippen LogP contribution in [0.4, 0.5) is 17.2 Å². The SMILES string of the molecule is [B]C([B])(O)NC(=O)c1cnc(NC(=O)C2CC2)cc1Nc1ccnc(C(=CN)CC(N)=O)c1OC. The molecule has 178 valence electrons. The Morgan fingerprint density at radius 2 is 2.00 bits per heavy atom. The van der Waals surface area contributed by atoms with E-state index in [1.165, 1.54) is 31.8 Å². The molecule has 3 rings (SSSR count). The molecule has 0 atom stereocenters. The first-order valence-electron chi connectivity index (χ1n) is 10.5. The number of amides is 3. The van der Waals surface area contributed by atoms with E-state index in [0.29, 0.717) is 11.3 Å². The van der Waals surface area contributed by atoms with E-state index in [0.717, 1.165) is 12.8 Å². The maximum Gasteiger partial charge on any atom is 0.255 e. The molecule has 4 radical (unpaired) electrons. The predicted octanol–water partition coefficient (Wildman–Crippen LogP) is -0.577. The fourth-order valence-electron chi connectivity index (χ4n) is 3.17. The highest BCUT2D eigenvalue weighted by Gasteiger charge is 2.30. The Hall–Kier alpha value is -4.06. The first kappa shape index (κ1) is 25.6. The first-order valence-corrected chi connectivity index (χ1v) is 10.5. The van der Waals surface area contributed by atoms with E-state index in [1.807, 2.05) is 5.32 Å². The number of carbonyl (C=O) groups is 3. The highest BCUT2D eigenvalue weighted by Crippen LogP contribution is 2.36. The number of primary amides is 1. The van der Waals surface area contributed by atoms with Crippen molar-refractivity contribution >= 4 is 56.2 Å². The summed E-state index contributed by atoms with van der Waals surface area (Å²) in [6.45, 7) is 0. The van der Waals surface area contributed by atoms with Crippen molar-refractivity contribution in [3.63, 3.8) is 0 Å². The van der Waals surface area contributed by atoms with Crippen LogP contribution in [0.5, 0.6) is 5.75 Å². The van der Waals surface area contributed by atoms with Crippen molar-refractivity contribution in [1.82, 2.24) is 15.3 Å². The second-order valence-electron chi connectivity index (χ2n) is 7.86. The van der Waals surface area contributed by atoms with E-state index in [1.54, 1.807) is 6.07 Å². The molecule has 1 aliphatic rings. The van der Waals surface area contributed by atoms with Crippen LogP contribution >= 0.6 is 0 Å². The number of ether oxygens (including phenoxy) is 1. The zero-order valence-electron chi connectivity index (χ0n) is 18.9. The van der Waals surface area contributed by atoms with Gasteiger partial charge in [0.1, 0.15) is 27.2 Å². The van der Waals surface area contributed by atoms with Crippen molar-refractivity contribution in [2.75, 3.05) is 17.7 Å². The van der Waals surface area contributed by atoms with Crippen LogP contribution in [0.1, 0.15) is 35.3 Å². The predicted molar refractivity (Wildman–Crippen MR) is 130 cm³/mol. The average molecular weight is 475 g/mol. The van der Waals surface area contributed by atoms with Crippen molar-refractivity contribution < 1.29 is 24.2 Å². The number of hydrogen-bond donors (Lipinski definition) is 6. The van der Waals surface area contributed by atoms with E-state index >= 15 is 0 Å². The van der Waals surface area contributed by atoms with Crippen LogP contribution in [0, 0.1) is 5.92 Å². The standard InChI is InChI=1S/C21H23B2N7O5/c1-35-18-13(4-5-26-17(18)11(8-24)6-15(25)31)28-14-7-16(29-19(32)10-2-3-10)27-9-12(14)20(33)30-21(22,23)34/h4-5,7-10,34H,2-3,6,24H2,1H3,(H2,25,31)(H,30,33)(H2,26,27,28,29,32). The van der Waals surface area contributed by atoms with Gasteiger partial charge in [-0.3, -0.25) is 19.4 Å². The summed E-state index contributed by atoms with van der Waals surface area (Å²) in [5, 5.41) is 17.3. The zero-order chi connectivity index (χ0) is 25.8. The summed E-state index contributed by atoms with van der Waals surface area (Å²) >= 11 is 0. The molecule has 0 spiro atoms. The molecule has 35 heavy (non-hydrogen) atoms. The van der Waals surface area contributed by atoms with Crippen LogP contribution in [0.2, 0.25) is 0 Å². The van der Waals surface area contributed by atoms with E-state index in [2.05, 4.69) is 20.6 Å². The Morgan fingerprint density at radius 3 is 2.57 bits per heavy atom. The summed E-state index contributed by atoms with van der Waals surface area (Å²) in [5.74, 6) is -1.35. The van der Waals surface area contributed by atoms with Gasteiger partial charge in [0.05, 0.1) is 30.5 Å². The lowest BCUT2D eigenvalue weighted by Gasteiger charge is -2.22. The molecule has 3 amide bonds. The normalized spacial score (nSPS) is 13.6. The van der Waals surface area contributed by atoms with Crippen LogP contribution in [0.25, 0.3) is 5.57 Å². The third-order valence-corrected chi connectivity index (χ3v) is 4.91. The first-order chi connectivity index (χ1) is 16.5. The zero-order valence-corrected chi connectivity index (χ0v) is 18.9. The summed E-state index contributed by atoms with van der Waals surface area (Å²) < 4.78 is 5.49. The Labute approximate surface area is 203 Å². The Kier molecular flexibility index (Phi) is 7.65.